The number of pyridine rings is 1. The van der Waals surface area contributed by atoms with Crippen LogP contribution in [-0.2, 0) is 9.53 Å². The van der Waals surface area contributed by atoms with Gasteiger partial charge < -0.3 is 14.8 Å². The molecular weight excluding hydrogens is 346 g/mol. The van der Waals surface area contributed by atoms with E-state index in [1.54, 1.807) is 26.0 Å². The summed E-state index contributed by atoms with van der Waals surface area (Å²) >= 11 is 0. The molecule has 27 heavy (non-hydrogen) atoms. The Bertz CT molecular complexity index is 896. The summed E-state index contributed by atoms with van der Waals surface area (Å²) in [5.74, 6) is 0.795. The van der Waals surface area contributed by atoms with Crippen LogP contribution in [0.2, 0.25) is 0 Å². The molecule has 1 fully saturated rings. The maximum absolute atomic E-state index is 12.4. The predicted molar refractivity (Wildman–Crippen MR) is 99.0 cm³/mol. The van der Waals surface area contributed by atoms with Crippen LogP contribution in [0, 0.1) is 0 Å². The van der Waals surface area contributed by atoms with Gasteiger partial charge in [-0.25, -0.2) is 14.7 Å². The number of fused-ring (bicyclic) bond motifs is 1. The van der Waals surface area contributed by atoms with Gasteiger partial charge in [0.05, 0.1) is 18.1 Å². The first-order chi connectivity index (χ1) is 12.9. The number of hydrogen-bond donors (Lipinski definition) is 1. The Morgan fingerprint density at radius 3 is 2.81 bits per heavy atom. The molecule has 1 aliphatic carbocycles. The van der Waals surface area contributed by atoms with E-state index >= 15 is 0 Å². The zero-order valence-electron chi connectivity index (χ0n) is 15.5. The number of nitrogens with one attached hydrogen (secondary N) is 1. The number of ether oxygens (including phenoxy) is 2. The van der Waals surface area contributed by atoms with Crippen LogP contribution in [0.15, 0.2) is 53.6 Å². The van der Waals surface area contributed by atoms with Crippen molar-refractivity contribution >= 4 is 17.6 Å². The summed E-state index contributed by atoms with van der Waals surface area (Å²) in [6.45, 7) is 5.42. The van der Waals surface area contributed by atoms with E-state index in [9.17, 15) is 9.59 Å². The Hall–Kier alpha value is -3.09. The second-order valence-electron chi connectivity index (χ2n) is 7.24. The quantitative estimate of drug-likeness (QED) is 0.827. The van der Waals surface area contributed by atoms with Gasteiger partial charge in [0, 0.05) is 11.6 Å². The van der Waals surface area contributed by atoms with Crippen molar-refractivity contribution in [2.45, 2.75) is 45.3 Å². The molecule has 3 heterocycles. The van der Waals surface area contributed by atoms with Crippen LogP contribution >= 0.6 is 0 Å². The van der Waals surface area contributed by atoms with Crippen LogP contribution < -0.4 is 15.0 Å². The van der Waals surface area contributed by atoms with E-state index in [0.717, 1.165) is 23.3 Å². The van der Waals surface area contributed by atoms with Gasteiger partial charge in [-0.2, -0.15) is 0 Å². The number of allylic oxidation sites excluding steroid dienone is 2. The van der Waals surface area contributed by atoms with Crippen LogP contribution in [0.3, 0.4) is 0 Å². The number of aromatic nitrogens is 1. The molecule has 4 rings (SSSR count). The van der Waals surface area contributed by atoms with Crippen molar-refractivity contribution < 1.29 is 19.1 Å². The normalized spacial score (nSPS) is 23.1. The van der Waals surface area contributed by atoms with Crippen molar-refractivity contribution in [3.05, 3.63) is 53.6 Å². The number of carbonyl (C=O) groups excluding carboxylic acids is 2. The highest BCUT2D eigenvalue weighted by molar-refractivity contribution is 6.22. The van der Waals surface area contributed by atoms with Crippen molar-refractivity contribution in [1.29, 1.82) is 0 Å². The molecule has 0 spiro atoms. The second-order valence-corrected chi connectivity index (χ2v) is 7.24. The molecule has 1 saturated heterocycles. The fourth-order valence-electron chi connectivity index (χ4n) is 3.34. The molecule has 1 unspecified atom stereocenters. The van der Waals surface area contributed by atoms with E-state index in [2.05, 4.69) is 17.2 Å². The fraction of sp³-hybridized carbons (Fsp3) is 0.350. The van der Waals surface area contributed by atoms with Gasteiger partial charge in [0.2, 0.25) is 5.88 Å². The minimum Gasteiger partial charge on any atom is -0.493 e. The number of anilines is 1. The van der Waals surface area contributed by atoms with Gasteiger partial charge in [0.1, 0.15) is 17.4 Å². The van der Waals surface area contributed by atoms with E-state index < -0.39 is 11.6 Å². The Morgan fingerprint density at radius 1 is 1.37 bits per heavy atom. The molecule has 140 valence electrons. The standard InChI is InChI=1S/C20H21N3O4/c1-4-16-15-9-14(7-5-12(15)11-26-16)27-17-8-6-13(10-21-17)23-18(24)20(2,3)22-19(23)25/h6-11,16H,4-5H2,1-3H3,(H,22,25). The third-order valence-corrected chi connectivity index (χ3v) is 4.85. The average molecular weight is 367 g/mol. The summed E-state index contributed by atoms with van der Waals surface area (Å²) in [6.07, 6.45) is 8.97. The second kappa shape index (κ2) is 6.26. The van der Waals surface area contributed by atoms with Crippen LogP contribution in [-0.4, -0.2) is 28.6 Å². The molecule has 0 saturated carbocycles. The molecular formula is C20H21N3O4. The highest BCUT2D eigenvalue weighted by Crippen LogP contribution is 2.34. The van der Waals surface area contributed by atoms with Crippen LogP contribution in [0.1, 0.15) is 33.6 Å². The largest absolute Gasteiger partial charge is 0.493 e. The topological polar surface area (TPSA) is 80.8 Å². The number of amides is 3. The molecule has 3 amide bonds. The molecule has 2 aliphatic heterocycles. The first-order valence-corrected chi connectivity index (χ1v) is 8.96. The number of imide groups is 1. The van der Waals surface area contributed by atoms with Gasteiger partial charge in [-0.3, -0.25) is 4.79 Å². The summed E-state index contributed by atoms with van der Waals surface area (Å²) in [7, 11) is 0. The van der Waals surface area contributed by atoms with Crippen molar-refractivity contribution in [1.82, 2.24) is 10.3 Å². The smallest absolute Gasteiger partial charge is 0.329 e. The van der Waals surface area contributed by atoms with Gasteiger partial charge in [-0.1, -0.05) is 6.92 Å². The van der Waals surface area contributed by atoms with Crippen molar-refractivity contribution in [3.8, 4) is 5.88 Å². The van der Waals surface area contributed by atoms with Gasteiger partial charge in [-0.05, 0) is 50.5 Å². The number of urea groups is 1. The molecule has 0 radical (unpaired) electrons. The zero-order chi connectivity index (χ0) is 19.2. The van der Waals surface area contributed by atoms with E-state index in [0.29, 0.717) is 17.3 Å². The summed E-state index contributed by atoms with van der Waals surface area (Å²) in [4.78, 5) is 29.8. The van der Waals surface area contributed by atoms with Crippen LogP contribution in [0.5, 0.6) is 5.88 Å². The van der Waals surface area contributed by atoms with Gasteiger partial charge >= 0.3 is 6.03 Å². The molecule has 1 aromatic rings. The molecule has 0 aromatic carbocycles. The first kappa shape index (κ1) is 17.3. The lowest BCUT2D eigenvalue weighted by atomic mass is 9.94. The molecule has 7 heteroatoms. The lowest BCUT2D eigenvalue weighted by molar-refractivity contribution is -0.121. The molecule has 7 nitrogen and oxygen atoms in total. The summed E-state index contributed by atoms with van der Waals surface area (Å²) in [6, 6.07) is 2.84. The maximum atomic E-state index is 12.4. The summed E-state index contributed by atoms with van der Waals surface area (Å²) in [5, 5.41) is 2.65. The van der Waals surface area contributed by atoms with Gasteiger partial charge in [0.25, 0.3) is 5.91 Å². The Kier molecular flexibility index (Phi) is 4.02. The van der Waals surface area contributed by atoms with E-state index in [-0.39, 0.29) is 12.0 Å². The molecule has 0 bridgehead atoms. The van der Waals surface area contributed by atoms with Gasteiger partial charge in [0.15, 0.2) is 0 Å². The third kappa shape index (κ3) is 2.99. The predicted octanol–water partition coefficient (Wildman–Crippen LogP) is 3.20. The summed E-state index contributed by atoms with van der Waals surface area (Å²) < 4.78 is 11.5. The van der Waals surface area contributed by atoms with E-state index in [1.165, 1.54) is 11.8 Å². The number of rotatable bonds is 4. The highest BCUT2D eigenvalue weighted by atomic mass is 16.5. The van der Waals surface area contributed by atoms with Crippen LogP contribution in [0.4, 0.5) is 10.5 Å². The Morgan fingerprint density at radius 2 is 2.19 bits per heavy atom. The fourth-order valence-corrected chi connectivity index (χ4v) is 3.34. The highest BCUT2D eigenvalue weighted by Gasteiger charge is 2.45. The summed E-state index contributed by atoms with van der Waals surface area (Å²) in [5.41, 5.74) is 1.81. The molecule has 1 aromatic heterocycles. The molecule has 3 aliphatic rings. The Balaban J connectivity index is 1.49. The molecule has 1 atom stereocenters. The minimum atomic E-state index is -0.921. The van der Waals surface area contributed by atoms with Crippen molar-refractivity contribution in [2.75, 3.05) is 4.90 Å². The number of hydrogen-bond acceptors (Lipinski definition) is 5. The lowest BCUT2D eigenvalue weighted by Crippen LogP contribution is -2.40. The number of nitrogens with zero attached hydrogens (tertiary/aromatic N) is 2. The minimum absolute atomic E-state index is 0.0747. The van der Waals surface area contributed by atoms with Crippen molar-refractivity contribution in [2.24, 2.45) is 0 Å². The zero-order valence-corrected chi connectivity index (χ0v) is 15.5. The molecule has 1 N–H and O–H groups in total. The Labute approximate surface area is 157 Å². The number of carbonyl (C=O) groups is 2. The third-order valence-electron chi connectivity index (χ3n) is 4.85. The first-order valence-electron chi connectivity index (χ1n) is 8.96. The lowest BCUT2D eigenvalue weighted by Gasteiger charge is -2.17. The average Bonchev–Trinajstić information content (AvgIpc) is 3.13. The van der Waals surface area contributed by atoms with E-state index in [1.807, 2.05) is 18.4 Å². The van der Waals surface area contributed by atoms with Gasteiger partial charge in [-0.15, -0.1) is 0 Å². The maximum Gasteiger partial charge on any atom is 0.329 e. The SMILES string of the molecule is CCC1OC=C2CC=C(Oc3ccc(N4C(=O)NC(C)(C)C4=O)cn3)C=C21. The monoisotopic (exact) mass is 367 g/mol. The van der Waals surface area contributed by atoms with Crippen molar-refractivity contribution in [3.63, 3.8) is 0 Å². The van der Waals surface area contributed by atoms with E-state index in [4.69, 9.17) is 9.47 Å². The van der Waals surface area contributed by atoms with Crippen LogP contribution in [0.25, 0.3) is 0 Å².